The van der Waals surface area contributed by atoms with Crippen LogP contribution in [0.15, 0.2) is 91.0 Å². The van der Waals surface area contributed by atoms with E-state index in [0.717, 1.165) is 38.6 Å². The molecule has 40 heavy (non-hydrogen) atoms. The number of fused-ring (bicyclic) bond motifs is 4. The van der Waals surface area contributed by atoms with Crippen LogP contribution >= 0.6 is 0 Å². The maximum Gasteiger partial charge on any atom is 0.407 e. The summed E-state index contributed by atoms with van der Waals surface area (Å²) in [4.78, 5) is 55.6. The van der Waals surface area contributed by atoms with Gasteiger partial charge in [0.15, 0.2) is 0 Å². The van der Waals surface area contributed by atoms with Gasteiger partial charge in [0.25, 0.3) is 11.8 Å². The Kier molecular flexibility index (Phi) is 6.74. The highest BCUT2D eigenvalue weighted by atomic mass is 16.7. The first kappa shape index (κ1) is 25.3. The number of amides is 3. The van der Waals surface area contributed by atoms with Crippen LogP contribution < -0.4 is 5.32 Å². The van der Waals surface area contributed by atoms with Crippen LogP contribution in [0.3, 0.4) is 0 Å². The van der Waals surface area contributed by atoms with Crippen LogP contribution in [0.2, 0.25) is 0 Å². The van der Waals surface area contributed by atoms with Crippen molar-refractivity contribution in [2.45, 2.75) is 31.2 Å². The number of hydrogen-bond acceptors (Lipinski definition) is 6. The van der Waals surface area contributed by atoms with E-state index in [1.807, 2.05) is 91.0 Å². The van der Waals surface area contributed by atoms with Gasteiger partial charge in [-0.25, -0.2) is 9.59 Å². The quantitative estimate of drug-likeness (QED) is 0.339. The van der Waals surface area contributed by atoms with E-state index in [0.29, 0.717) is 5.06 Å². The Balaban J connectivity index is 1.21. The number of carbonyl (C=O) groups is 4. The molecule has 1 fully saturated rings. The van der Waals surface area contributed by atoms with Crippen molar-refractivity contribution >= 4 is 34.6 Å². The average Bonchev–Trinajstić information content (AvgIpc) is 3.47. The van der Waals surface area contributed by atoms with Crippen LogP contribution in [0, 0.1) is 0 Å². The molecule has 1 atom stereocenters. The molecule has 0 spiro atoms. The molecule has 1 heterocycles. The first-order valence-corrected chi connectivity index (χ1v) is 13.2. The molecular formula is C32H26N2O6. The molecule has 1 aliphatic heterocycles. The number of ether oxygens (including phenoxy) is 1. The van der Waals surface area contributed by atoms with Crippen molar-refractivity contribution in [1.82, 2.24) is 10.4 Å². The second-order valence-corrected chi connectivity index (χ2v) is 9.86. The topological polar surface area (TPSA) is 102 Å². The van der Waals surface area contributed by atoms with Crippen LogP contribution in [0.5, 0.6) is 0 Å². The summed E-state index contributed by atoms with van der Waals surface area (Å²) in [6, 6.07) is 28.1. The van der Waals surface area contributed by atoms with Crippen molar-refractivity contribution in [3.8, 4) is 11.1 Å². The lowest BCUT2D eigenvalue weighted by molar-refractivity contribution is -0.198. The molecule has 6 rings (SSSR count). The second kappa shape index (κ2) is 10.6. The molecule has 0 unspecified atom stereocenters. The third kappa shape index (κ3) is 4.80. The molecule has 4 aromatic rings. The number of imide groups is 1. The summed E-state index contributed by atoms with van der Waals surface area (Å²) < 4.78 is 5.65. The summed E-state index contributed by atoms with van der Waals surface area (Å²) in [5.74, 6) is -2.27. The molecule has 1 N–H and O–H groups in total. The normalized spacial score (nSPS) is 15.1. The van der Waals surface area contributed by atoms with Gasteiger partial charge in [0, 0.05) is 25.2 Å². The van der Waals surface area contributed by atoms with Crippen LogP contribution in [-0.2, 0) is 30.4 Å². The lowest BCUT2D eigenvalue weighted by atomic mass is 9.98. The molecule has 0 radical (unpaired) electrons. The number of hydroxylamine groups is 2. The van der Waals surface area contributed by atoms with E-state index in [2.05, 4.69) is 5.32 Å². The maximum absolute atomic E-state index is 13.2. The number of nitrogens with zero attached hydrogens (tertiary/aromatic N) is 1. The van der Waals surface area contributed by atoms with Crippen LogP contribution in [0.25, 0.3) is 21.9 Å². The molecule has 200 valence electrons. The third-order valence-electron chi connectivity index (χ3n) is 7.41. The van der Waals surface area contributed by atoms with Gasteiger partial charge in [-0.1, -0.05) is 91.0 Å². The smallest absolute Gasteiger partial charge is 0.407 e. The van der Waals surface area contributed by atoms with Crippen molar-refractivity contribution in [1.29, 1.82) is 0 Å². The molecule has 0 bridgehead atoms. The Labute approximate surface area is 230 Å². The Morgan fingerprint density at radius 3 is 2.10 bits per heavy atom. The Morgan fingerprint density at radius 2 is 1.40 bits per heavy atom. The van der Waals surface area contributed by atoms with Gasteiger partial charge in [0.1, 0.15) is 12.6 Å². The summed E-state index contributed by atoms with van der Waals surface area (Å²) in [5.41, 5.74) is 5.12. The van der Waals surface area contributed by atoms with E-state index in [1.165, 1.54) is 0 Å². The minimum absolute atomic E-state index is 0.0279. The van der Waals surface area contributed by atoms with Gasteiger partial charge in [-0.3, -0.25) is 9.59 Å². The molecule has 2 aliphatic rings. The molecule has 3 amide bonds. The Morgan fingerprint density at radius 1 is 0.800 bits per heavy atom. The molecule has 1 saturated heterocycles. The summed E-state index contributed by atoms with van der Waals surface area (Å²) in [6.07, 6.45) is -0.788. The molecule has 8 nitrogen and oxygen atoms in total. The molecule has 8 heteroatoms. The standard InChI is InChI=1S/C32H26N2O6/c35-29-16-17-30(36)34(29)40-31(37)28(18-21-10-7-9-20-8-1-2-11-22(20)21)33-32(38)39-19-27-25-14-5-3-12-23(25)24-13-4-6-15-26(24)27/h1-15,27-28H,16-19H2,(H,33,38)/t28-/m0/s1. The monoisotopic (exact) mass is 534 g/mol. The first-order valence-electron chi connectivity index (χ1n) is 13.2. The van der Waals surface area contributed by atoms with E-state index in [4.69, 9.17) is 9.57 Å². The average molecular weight is 535 g/mol. The van der Waals surface area contributed by atoms with Crippen molar-refractivity contribution in [3.05, 3.63) is 108 Å². The highest BCUT2D eigenvalue weighted by Gasteiger charge is 2.36. The van der Waals surface area contributed by atoms with E-state index in [1.54, 1.807) is 0 Å². The van der Waals surface area contributed by atoms with Crippen molar-refractivity contribution < 1.29 is 28.8 Å². The zero-order valence-corrected chi connectivity index (χ0v) is 21.5. The molecule has 0 aromatic heterocycles. The van der Waals surface area contributed by atoms with E-state index < -0.39 is 29.9 Å². The van der Waals surface area contributed by atoms with Crippen molar-refractivity contribution in [2.24, 2.45) is 0 Å². The number of alkyl carbamates (subject to hydrolysis) is 1. The minimum atomic E-state index is -1.21. The van der Waals surface area contributed by atoms with Gasteiger partial charge >= 0.3 is 12.1 Å². The van der Waals surface area contributed by atoms with Gasteiger partial charge in [-0.15, -0.1) is 5.06 Å². The van der Waals surface area contributed by atoms with Crippen molar-refractivity contribution in [3.63, 3.8) is 0 Å². The molecule has 4 aromatic carbocycles. The van der Waals surface area contributed by atoms with E-state index >= 15 is 0 Å². The van der Waals surface area contributed by atoms with Crippen LogP contribution in [0.1, 0.15) is 35.4 Å². The third-order valence-corrected chi connectivity index (χ3v) is 7.41. The molecule has 0 saturated carbocycles. The van der Waals surface area contributed by atoms with Crippen molar-refractivity contribution in [2.75, 3.05) is 6.61 Å². The van der Waals surface area contributed by atoms with Gasteiger partial charge < -0.3 is 14.9 Å². The Hall–Kier alpha value is -4.98. The fraction of sp³-hybridized carbons (Fsp3) is 0.188. The van der Waals surface area contributed by atoms with Gasteiger partial charge in [0.2, 0.25) is 0 Å². The Bertz CT molecular complexity index is 1580. The van der Waals surface area contributed by atoms with E-state index in [-0.39, 0.29) is 31.8 Å². The lowest BCUT2D eigenvalue weighted by Gasteiger charge is -2.21. The summed E-state index contributed by atoms with van der Waals surface area (Å²) >= 11 is 0. The highest BCUT2D eigenvalue weighted by molar-refractivity contribution is 6.02. The first-order chi connectivity index (χ1) is 19.5. The zero-order valence-electron chi connectivity index (χ0n) is 21.5. The number of rotatable bonds is 7. The molecular weight excluding hydrogens is 508 g/mol. The predicted molar refractivity (Wildman–Crippen MR) is 147 cm³/mol. The summed E-state index contributed by atoms with van der Waals surface area (Å²) in [6.45, 7) is 0.0684. The largest absolute Gasteiger partial charge is 0.449 e. The number of carbonyl (C=O) groups excluding carboxylic acids is 4. The fourth-order valence-electron chi connectivity index (χ4n) is 5.48. The van der Waals surface area contributed by atoms with Crippen LogP contribution in [-0.4, -0.2) is 41.6 Å². The highest BCUT2D eigenvalue weighted by Crippen LogP contribution is 2.44. The van der Waals surface area contributed by atoms with Crippen LogP contribution in [0.4, 0.5) is 4.79 Å². The number of benzene rings is 4. The SMILES string of the molecule is O=C(N[C@@H](Cc1cccc2ccccc12)C(=O)ON1C(=O)CCC1=O)OCC1c2ccccc2-c2ccccc21. The predicted octanol–water partition coefficient (Wildman–Crippen LogP) is 4.90. The number of nitrogens with one attached hydrogen (secondary N) is 1. The van der Waals surface area contributed by atoms with Gasteiger partial charge in [0.05, 0.1) is 0 Å². The minimum Gasteiger partial charge on any atom is -0.449 e. The molecule has 1 aliphatic carbocycles. The fourth-order valence-corrected chi connectivity index (χ4v) is 5.48. The van der Waals surface area contributed by atoms with Gasteiger partial charge in [-0.05, 0) is 38.6 Å². The van der Waals surface area contributed by atoms with E-state index in [9.17, 15) is 19.2 Å². The summed E-state index contributed by atoms with van der Waals surface area (Å²) in [7, 11) is 0. The summed E-state index contributed by atoms with van der Waals surface area (Å²) in [5, 5.41) is 4.98. The number of hydrogen-bond donors (Lipinski definition) is 1. The maximum atomic E-state index is 13.2. The second-order valence-electron chi connectivity index (χ2n) is 9.86. The zero-order chi connectivity index (χ0) is 27.6. The van der Waals surface area contributed by atoms with Gasteiger partial charge in [-0.2, -0.15) is 0 Å². The lowest BCUT2D eigenvalue weighted by Crippen LogP contribution is -2.47.